The van der Waals surface area contributed by atoms with Crippen molar-refractivity contribution in [2.24, 2.45) is 4.99 Å². The van der Waals surface area contributed by atoms with E-state index >= 15 is 0 Å². The van der Waals surface area contributed by atoms with Crippen LogP contribution in [-0.2, 0) is 25.8 Å². The topological polar surface area (TPSA) is 136 Å². The van der Waals surface area contributed by atoms with E-state index in [-0.39, 0.29) is 29.6 Å². The molecule has 0 spiro atoms. The summed E-state index contributed by atoms with van der Waals surface area (Å²) in [4.78, 5) is 19.4. The van der Waals surface area contributed by atoms with Crippen LogP contribution in [-0.4, -0.2) is 63.0 Å². The number of hydrogen-bond acceptors (Lipinski definition) is 9. The van der Waals surface area contributed by atoms with Crippen molar-refractivity contribution >= 4 is 21.6 Å². The summed E-state index contributed by atoms with van der Waals surface area (Å²) in [6.45, 7) is 3.25. The van der Waals surface area contributed by atoms with Gasteiger partial charge in [0.05, 0.1) is 23.9 Å². The van der Waals surface area contributed by atoms with Crippen LogP contribution in [0.4, 0.5) is 0 Å². The predicted octanol–water partition coefficient (Wildman–Crippen LogP) is 4.83. The van der Waals surface area contributed by atoms with Crippen LogP contribution in [0.1, 0.15) is 42.6 Å². The van der Waals surface area contributed by atoms with Gasteiger partial charge in [0.1, 0.15) is 11.5 Å². The van der Waals surface area contributed by atoms with E-state index in [4.69, 9.17) is 24.3 Å². The molecule has 1 heterocycles. The van der Waals surface area contributed by atoms with Crippen LogP contribution in [0, 0.1) is 0 Å². The molecule has 0 saturated heterocycles. The zero-order chi connectivity index (χ0) is 33.8. The third-order valence-electron chi connectivity index (χ3n) is 7.98. The molecule has 5 rings (SSSR count). The smallest absolute Gasteiger partial charge is 0.266 e. The molecule has 252 valence electrons. The fourth-order valence-electron chi connectivity index (χ4n) is 5.49. The molecule has 0 radical (unpaired) electrons. The molecule has 1 amide bonds. The zero-order valence-corrected chi connectivity index (χ0v) is 27.7. The largest absolute Gasteiger partial charge is 0.494 e. The monoisotopic (exact) mass is 671 g/mol. The Balaban J connectivity index is 1.45. The van der Waals surface area contributed by atoms with Crippen LogP contribution in [0.3, 0.4) is 0 Å². The molecule has 0 bridgehead atoms. The maximum absolute atomic E-state index is 14.3. The molecule has 4 aromatic rings. The Bertz CT molecular complexity index is 1770. The van der Waals surface area contributed by atoms with Gasteiger partial charge in [0.2, 0.25) is 5.90 Å². The standard InChI is InChI=1S/C37H41N3O7S/c1-2-45-33-17-10-9-12-28(33)22-24-38-40-36(42)37(23-27-48(43,44)32-15-7-4-8-16-32)34(29-13-5-3-6-14-29)47-35(39-37)30-18-20-31(21-19-30)46-26-11-25-41/h3-10,12-21,34,38,41H,2,11,22-27H2,1H3,(H,40,42)/t34-,37-/m0/s1. The first-order valence-corrected chi connectivity index (χ1v) is 17.7. The first kappa shape index (κ1) is 34.6. The van der Waals surface area contributed by atoms with Gasteiger partial charge in [0.15, 0.2) is 21.5 Å². The fourth-order valence-corrected chi connectivity index (χ4v) is 6.88. The van der Waals surface area contributed by atoms with E-state index in [0.717, 1.165) is 11.3 Å². The minimum absolute atomic E-state index is 0.0309. The quantitative estimate of drug-likeness (QED) is 0.107. The average Bonchev–Trinajstić information content (AvgIpc) is 3.52. The van der Waals surface area contributed by atoms with E-state index < -0.39 is 27.4 Å². The van der Waals surface area contributed by atoms with Gasteiger partial charge in [-0.3, -0.25) is 10.2 Å². The van der Waals surface area contributed by atoms with Crippen molar-refractivity contribution in [3.8, 4) is 11.5 Å². The molecule has 10 nitrogen and oxygen atoms in total. The van der Waals surface area contributed by atoms with E-state index in [1.54, 1.807) is 54.6 Å². The lowest BCUT2D eigenvalue weighted by molar-refractivity contribution is -0.130. The molecular weight excluding hydrogens is 630 g/mol. The third kappa shape index (κ3) is 8.41. The van der Waals surface area contributed by atoms with Crippen molar-refractivity contribution in [3.63, 3.8) is 0 Å². The van der Waals surface area contributed by atoms with Crippen LogP contribution in [0.2, 0.25) is 0 Å². The number of rotatable bonds is 17. The summed E-state index contributed by atoms with van der Waals surface area (Å²) in [6, 6.07) is 32.2. The van der Waals surface area contributed by atoms with Gasteiger partial charge in [-0.2, -0.15) is 0 Å². The van der Waals surface area contributed by atoms with Crippen LogP contribution < -0.4 is 20.3 Å². The SMILES string of the molecule is CCOc1ccccc1CCNNC(=O)[C@@]1(CCS(=O)(=O)c2ccccc2)N=C(c2ccc(OCCCO)cc2)O[C@H]1c1ccccc1. The highest BCUT2D eigenvalue weighted by Gasteiger charge is 2.53. The minimum Gasteiger partial charge on any atom is -0.494 e. The fraction of sp³-hybridized carbons (Fsp3) is 0.297. The summed E-state index contributed by atoms with van der Waals surface area (Å²) >= 11 is 0. The Hall–Kier alpha value is -4.71. The lowest BCUT2D eigenvalue weighted by Crippen LogP contribution is -2.53. The molecule has 3 N–H and O–H groups in total. The molecular formula is C37H41N3O7S. The lowest BCUT2D eigenvalue weighted by Gasteiger charge is -2.30. The predicted molar refractivity (Wildman–Crippen MR) is 184 cm³/mol. The number of aliphatic imine (C=N–C) groups is 1. The highest BCUT2D eigenvalue weighted by molar-refractivity contribution is 7.91. The summed E-state index contributed by atoms with van der Waals surface area (Å²) < 4.78 is 44.9. The van der Waals surface area contributed by atoms with Gasteiger partial charge in [0.25, 0.3) is 5.91 Å². The molecule has 48 heavy (non-hydrogen) atoms. The van der Waals surface area contributed by atoms with E-state index in [1.807, 2.05) is 61.5 Å². The number of aliphatic hydroxyl groups is 1. The number of hydrazine groups is 1. The summed E-state index contributed by atoms with van der Waals surface area (Å²) in [6.07, 6.45) is 0.0233. The molecule has 11 heteroatoms. The third-order valence-corrected chi connectivity index (χ3v) is 9.71. The number of ether oxygens (including phenoxy) is 3. The first-order valence-electron chi connectivity index (χ1n) is 16.0. The Morgan fingerprint density at radius 2 is 1.60 bits per heavy atom. The Kier molecular flexibility index (Phi) is 11.8. The normalized spacial score (nSPS) is 17.3. The Morgan fingerprint density at radius 1 is 0.917 bits per heavy atom. The van der Waals surface area contributed by atoms with Gasteiger partial charge < -0.3 is 19.3 Å². The summed E-state index contributed by atoms with van der Waals surface area (Å²) in [5, 5.41) is 9.06. The number of para-hydroxylation sites is 1. The van der Waals surface area contributed by atoms with E-state index in [1.165, 1.54) is 0 Å². The molecule has 0 aromatic heterocycles. The maximum atomic E-state index is 14.3. The maximum Gasteiger partial charge on any atom is 0.266 e. The van der Waals surface area contributed by atoms with Gasteiger partial charge in [0, 0.05) is 31.6 Å². The van der Waals surface area contributed by atoms with E-state index in [2.05, 4.69) is 10.9 Å². The van der Waals surface area contributed by atoms with E-state index in [0.29, 0.717) is 49.5 Å². The zero-order valence-electron chi connectivity index (χ0n) is 26.9. The number of hydrogen-bond donors (Lipinski definition) is 3. The van der Waals surface area contributed by atoms with Crippen LogP contribution in [0.25, 0.3) is 0 Å². The molecule has 1 aliphatic rings. The highest BCUT2D eigenvalue weighted by atomic mass is 32.2. The van der Waals surface area contributed by atoms with Crippen molar-refractivity contribution < 1.29 is 32.5 Å². The number of amides is 1. The number of benzene rings is 4. The van der Waals surface area contributed by atoms with E-state index in [9.17, 15) is 13.2 Å². The van der Waals surface area contributed by atoms with Crippen molar-refractivity contribution in [1.29, 1.82) is 0 Å². The lowest BCUT2D eigenvalue weighted by atomic mass is 9.85. The molecule has 1 aliphatic heterocycles. The number of nitrogens with zero attached hydrogens (tertiary/aromatic N) is 1. The highest BCUT2D eigenvalue weighted by Crippen LogP contribution is 2.43. The number of carbonyl (C=O) groups excluding carboxylic acids is 1. The van der Waals surface area contributed by atoms with Gasteiger partial charge >= 0.3 is 0 Å². The molecule has 0 saturated carbocycles. The number of carbonyl (C=O) groups is 1. The van der Waals surface area contributed by atoms with Crippen LogP contribution in [0.5, 0.6) is 11.5 Å². The molecule has 0 fully saturated rings. The summed E-state index contributed by atoms with van der Waals surface area (Å²) in [5.74, 6) is 0.745. The van der Waals surface area contributed by atoms with Crippen molar-refractivity contribution in [2.75, 3.05) is 32.1 Å². The summed E-state index contributed by atoms with van der Waals surface area (Å²) in [5.41, 5.74) is 6.48. The molecule has 0 aliphatic carbocycles. The molecule has 4 aromatic carbocycles. The van der Waals surface area contributed by atoms with Crippen LogP contribution >= 0.6 is 0 Å². The molecule has 0 unspecified atom stereocenters. The van der Waals surface area contributed by atoms with Crippen molar-refractivity contribution in [3.05, 3.63) is 126 Å². The van der Waals surface area contributed by atoms with Gasteiger partial charge in [-0.15, -0.1) is 0 Å². The van der Waals surface area contributed by atoms with Crippen molar-refractivity contribution in [1.82, 2.24) is 10.9 Å². The van der Waals surface area contributed by atoms with Gasteiger partial charge in [-0.25, -0.2) is 18.8 Å². The summed E-state index contributed by atoms with van der Waals surface area (Å²) in [7, 11) is -3.77. The van der Waals surface area contributed by atoms with Crippen molar-refractivity contribution in [2.45, 2.75) is 42.7 Å². The van der Waals surface area contributed by atoms with Gasteiger partial charge in [-0.05, 0) is 66.9 Å². The average molecular weight is 672 g/mol. The number of sulfone groups is 1. The minimum atomic E-state index is -3.77. The number of aliphatic hydroxyl groups excluding tert-OH is 1. The van der Waals surface area contributed by atoms with Gasteiger partial charge in [-0.1, -0.05) is 66.7 Å². The second kappa shape index (κ2) is 16.4. The molecule has 2 atom stereocenters. The Morgan fingerprint density at radius 3 is 2.31 bits per heavy atom. The van der Waals surface area contributed by atoms with Crippen LogP contribution in [0.15, 0.2) is 119 Å². The first-order chi connectivity index (χ1) is 23.4. The Labute approximate surface area is 281 Å². The number of nitrogens with one attached hydrogen (secondary N) is 2. The second-order valence-electron chi connectivity index (χ2n) is 11.3. The second-order valence-corrected chi connectivity index (χ2v) is 13.4.